The zero-order chi connectivity index (χ0) is 19.8. The summed E-state index contributed by atoms with van der Waals surface area (Å²) in [6, 6.07) is 11.4. The van der Waals surface area contributed by atoms with Gasteiger partial charge < -0.3 is 4.89 Å². The third-order valence-electron chi connectivity index (χ3n) is 3.67. The minimum Gasteiger partial charge on any atom is -0.340 e. The third kappa shape index (κ3) is 3.94. The summed E-state index contributed by atoms with van der Waals surface area (Å²) in [5.74, 6) is 0.110. The van der Waals surface area contributed by atoms with Crippen LogP contribution in [0, 0.1) is 0 Å². The highest BCUT2D eigenvalue weighted by atomic mass is 32.2. The van der Waals surface area contributed by atoms with Crippen LogP contribution in [0.2, 0.25) is 0 Å². The second-order valence-electron chi connectivity index (χ2n) is 5.48. The van der Waals surface area contributed by atoms with Crippen molar-refractivity contribution in [3.8, 4) is 22.7 Å². The van der Waals surface area contributed by atoms with Gasteiger partial charge in [-0.3, -0.25) is 0 Å². The van der Waals surface area contributed by atoms with Gasteiger partial charge in [0.25, 0.3) is 0 Å². The summed E-state index contributed by atoms with van der Waals surface area (Å²) in [6.07, 6.45) is -4.67. The molecule has 27 heavy (non-hydrogen) atoms. The average Bonchev–Trinajstić information content (AvgIpc) is 3.07. The molecule has 142 valence electrons. The molecule has 1 heterocycles. The van der Waals surface area contributed by atoms with Crippen LogP contribution in [0.3, 0.4) is 0 Å². The van der Waals surface area contributed by atoms with Crippen molar-refractivity contribution in [3.05, 3.63) is 60.3 Å². The molecule has 0 amide bonds. The molecule has 0 saturated carbocycles. The van der Waals surface area contributed by atoms with Crippen LogP contribution >= 0.6 is 0 Å². The molecular weight excluding hydrogens is 387 g/mol. The number of hydrogen-bond donors (Lipinski definition) is 2. The number of aromatic nitrogens is 2. The number of benzene rings is 2. The lowest BCUT2D eigenvalue weighted by Gasteiger charge is -2.09. The van der Waals surface area contributed by atoms with E-state index in [1.165, 1.54) is 48.5 Å². The van der Waals surface area contributed by atoms with Crippen molar-refractivity contribution in [1.82, 2.24) is 9.78 Å². The number of hydrogen-bond acceptors (Lipinski definition) is 5. The predicted molar refractivity (Wildman–Crippen MR) is 88.6 cm³/mol. The fourth-order valence-corrected chi connectivity index (χ4v) is 2.90. The van der Waals surface area contributed by atoms with Gasteiger partial charge >= 0.3 is 6.18 Å². The second kappa shape index (κ2) is 6.68. The zero-order valence-corrected chi connectivity index (χ0v) is 14.2. The summed E-state index contributed by atoms with van der Waals surface area (Å²) >= 11 is 0. The minimum absolute atomic E-state index is 0.107. The molecule has 0 bridgehead atoms. The lowest BCUT2D eigenvalue weighted by molar-refractivity contribution is -0.141. The number of rotatable bonds is 4. The van der Waals surface area contributed by atoms with E-state index >= 15 is 0 Å². The molecule has 3 aromatic rings. The van der Waals surface area contributed by atoms with Gasteiger partial charge in [-0.1, -0.05) is 0 Å². The predicted octanol–water partition coefficient (Wildman–Crippen LogP) is 3.06. The van der Waals surface area contributed by atoms with Gasteiger partial charge in [0.1, 0.15) is 0 Å². The molecule has 11 heteroatoms. The van der Waals surface area contributed by atoms with Gasteiger partial charge in [-0.25, -0.2) is 23.5 Å². The molecule has 0 aliphatic rings. The summed E-state index contributed by atoms with van der Waals surface area (Å²) in [6.45, 7) is 0. The van der Waals surface area contributed by atoms with Crippen molar-refractivity contribution in [2.45, 2.75) is 11.1 Å². The Labute approximate surface area is 151 Å². The Balaban J connectivity index is 2.14. The zero-order valence-electron chi connectivity index (χ0n) is 13.4. The van der Waals surface area contributed by atoms with Gasteiger partial charge in [0, 0.05) is 5.56 Å². The summed E-state index contributed by atoms with van der Waals surface area (Å²) in [5.41, 5.74) is -0.435. The molecule has 3 rings (SSSR count). The first-order chi connectivity index (χ1) is 12.6. The third-order valence-corrected chi connectivity index (χ3v) is 4.59. The van der Waals surface area contributed by atoms with E-state index in [-0.39, 0.29) is 22.0 Å². The molecule has 0 saturated heterocycles. The molecule has 0 spiro atoms. The van der Waals surface area contributed by atoms with Crippen molar-refractivity contribution in [3.63, 3.8) is 0 Å². The van der Waals surface area contributed by atoms with E-state index in [2.05, 4.69) is 9.99 Å². The van der Waals surface area contributed by atoms with Crippen LogP contribution in [0.4, 0.5) is 13.2 Å². The number of nitrogens with two attached hydrogens (primary N) is 1. The fourth-order valence-electron chi connectivity index (χ4n) is 2.39. The smallest absolute Gasteiger partial charge is 0.340 e. The summed E-state index contributed by atoms with van der Waals surface area (Å²) < 4.78 is 63.1. The molecule has 0 radical (unpaired) electrons. The number of sulfonamides is 1. The average molecular weight is 399 g/mol. The normalized spacial score (nSPS) is 12.2. The standard InChI is InChI=1S/C16H12F3N3O4S/c17-16(18,19)15-9-14(10-1-5-12(26-23)6-2-10)22(21-15)11-3-7-13(8-4-11)27(20,24)25/h1-9,23H,(H2,20,24,25). The van der Waals surface area contributed by atoms with Crippen LogP contribution in [0.5, 0.6) is 5.75 Å². The van der Waals surface area contributed by atoms with Crippen molar-refractivity contribution in [2.75, 3.05) is 0 Å². The molecule has 1 aromatic heterocycles. The first-order valence-corrected chi connectivity index (χ1v) is 8.86. The summed E-state index contributed by atoms with van der Waals surface area (Å²) in [5, 5.41) is 17.2. The Morgan fingerprint density at radius 1 is 1.04 bits per heavy atom. The van der Waals surface area contributed by atoms with Gasteiger partial charge in [-0.05, 0) is 54.6 Å². The van der Waals surface area contributed by atoms with Gasteiger partial charge in [-0.15, -0.1) is 0 Å². The Bertz CT molecular complexity index is 1060. The molecule has 2 aromatic carbocycles. The van der Waals surface area contributed by atoms with Crippen LogP contribution in [-0.4, -0.2) is 23.5 Å². The topological polar surface area (TPSA) is 107 Å². The highest BCUT2D eigenvalue weighted by Gasteiger charge is 2.35. The molecule has 7 nitrogen and oxygen atoms in total. The first kappa shape index (κ1) is 18.9. The van der Waals surface area contributed by atoms with E-state index in [1.807, 2.05) is 0 Å². The number of halogens is 3. The van der Waals surface area contributed by atoms with Crippen molar-refractivity contribution in [1.29, 1.82) is 0 Å². The van der Waals surface area contributed by atoms with Gasteiger partial charge in [0.15, 0.2) is 11.4 Å². The molecule has 3 N–H and O–H groups in total. The fraction of sp³-hybridized carbons (Fsp3) is 0.0625. The van der Waals surface area contributed by atoms with Crippen LogP contribution in [0.1, 0.15) is 5.69 Å². The SMILES string of the molecule is NS(=O)(=O)c1ccc(-n2nc(C(F)(F)F)cc2-c2ccc(OO)cc2)cc1. The van der Waals surface area contributed by atoms with Crippen molar-refractivity contribution < 1.29 is 31.7 Å². The summed E-state index contributed by atoms with van der Waals surface area (Å²) in [7, 11) is -3.94. The maximum atomic E-state index is 13.1. The second-order valence-corrected chi connectivity index (χ2v) is 7.04. The summed E-state index contributed by atoms with van der Waals surface area (Å²) in [4.78, 5) is 3.87. The molecule has 0 atom stereocenters. The monoisotopic (exact) mass is 399 g/mol. The highest BCUT2D eigenvalue weighted by molar-refractivity contribution is 7.89. The Hall–Kier alpha value is -2.89. The Morgan fingerprint density at radius 2 is 1.63 bits per heavy atom. The Morgan fingerprint density at radius 3 is 2.11 bits per heavy atom. The highest BCUT2D eigenvalue weighted by Crippen LogP contribution is 2.33. The number of alkyl halides is 3. The van der Waals surface area contributed by atoms with Crippen molar-refractivity contribution >= 4 is 10.0 Å². The van der Waals surface area contributed by atoms with E-state index in [4.69, 9.17) is 10.4 Å². The van der Waals surface area contributed by atoms with Crippen LogP contribution in [0.15, 0.2) is 59.5 Å². The lowest BCUT2D eigenvalue weighted by atomic mass is 10.1. The van der Waals surface area contributed by atoms with Crippen LogP contribution in [-0.2, 0) is 16.2 Å². The quantitative estimate of drug-likeness (QED) is 0.518. The van der Waals surface area contributed by atoms with E-state index in [0.717, 1.165) is 10.7 Å². The molecule has 0 aliphatic carbocycles. The van der Waals surface area contributed by atoms with Gasteiger partial charge in [-0.2, -0.15) is 18.3 Å². The van der Waals surface area contributed by atoms with E-state index in [1.54, 1.807) is 0 Å². The lowest BCUT2D eigenvalue weighted by Crippen LogP contribution is -2.12. The molecule has 0 unspecified atom stereocenters. The molecular formula is C16H12F3N3O4S. The van der Waals surface area contributed by atoms with E-state index in [9.17, 15) is 21.6 Å². The first-order valence-electron chi connectivity index (χ1n) is 7.32. The molecule has 0 fully saturated rings. The Kier molecular flexibility index (Phi) is 4.68. The van der Waals surface area contributed by atoms with Gasteiger partial charge in [0.2, 0.25) is 10.0 Å². The number of nitrogens with zero attached hydrogens (tertiary/aromatic N) is 2. The van der Waals surface area contributed by atoms with E-state index < -0.39 is 21.9 Å². The maximum Gasteiger partial charge on any atom is 0.435 e. The van der Waals surface area contributed by atoms with Crippen LogP contribution in [0.25, 0.3) is 16.9 Å². The number of primary sulfonamides is 1. The maximum absolute atomic E-state index is 13.1. The largest absolute Gasteiger partial charge is 0.435 e. The van der Waals surface area contributed by atoms with Crippen molar-refractivity contribution in [2.24, 2.45) is 5.14 Å². The molecule has 0 aliphatic heterocycles. The minimum atomic E-state index is -4.67. The van der Waals surface area contributed by atoms with Crippen LogP contribution < -0.4 is 10.0 Å². The van der Waals surface area contributed by atoms with E-state index in [0.29, 0.717) is 5.56 Å². The van der Waals surface area contributed by atoms with Gasteiger partial charge in [0.05, 0.1) is 16.3 Å².